The summed E-state index contributed by atoms with van der Waals surface area (Å²) in [5.41, 5.74) is 3.10. The molecule has 2 aliphatic rings. The molecule has 32 heavy (non-hydrogen) atoms. The highest BCUT2D eigenvalue weighted by atomic mass is 79.9. The van der Waals surface area contributed by atoms with Crippen LogP contribution < -0.4 is 9.47 Å². The zero-order valence-corrected chi connectivity index (χ0v) is 19.3. The van der Waals surface area contributed by atoms with E-state index in [0.29, 0.717) is 43.4 Å². The van der Waals surface area contributed by atoms with E-state index in [9.17, 15) is 4.79 Å². The van der Waals surface area contributed by atoms with Crippen molar-refractivity contribution in [3.8, 4) is 11.5 Å². The lowest BCUT2D eigenvalue weighted by Gasteiger charge is -2.40. The van der Waals surface area contributed by atoms with Gasteiger partial charge in [0.25, 0.3) is 5.91 Å². The molecule has 0 aliphatic carbocycles. The van der Waals surface area contributed by atoms with Gasteiger partial charge in [-0.25, -0.2) is 0 Å². The molecule has 0 radical (unpaired) electrons. The van der Waals surface area contributed by atoms with Gasteiger partial charge in [0.05, 0.1) is 11.6 Å². The SMILES string of the molecule is O=C(c1cccc2c1OCCO2)N1CCN([C@H](c2ccccc2)c2ccc(Br)cc2)CC1. The summed E-state index contributed by atoms with van der Waals surface area (Å²) in [6.45, 7) is 3.92. The first-order chi connectivity index (χ1) is 15.7. The second-order valence-electron chi connectivity index (χ2n) is 8.02. The van der Waals surface area contributed by atoms with Gasteiger partial charge in [-0.05, 0) is 35.4 Å². The van der Waals surface area contributed by atoms with Crippen LogP contribution in [-0.4, -0.2) is 55.1 Å². The number of carbonyl (C=O) groups is 1. The van der Waals surface area contributed by atoms with Crippen LogP contribution >= 0.6 is 15.9 Å². The van der Waals surface area contributed by atoms with Gasteiger partial charge in [0.1, 0.15) is 13.2 Å². The van der Waals surface area contributed by atoms with E-state index in [1.54, 1.807) is 0 Å². The third kappa shape index (κ3) is 4.25. The number of piperazine rings is 1. The van der Waals surface area contributed by atoms with Crippen molar-refractivity contribution in [2.45, 2.75) is 6.04 Å². The number of ether oxygens (including phenoxy) is 2. The van der Waals surface area contributed by atoms with Gasteiger partial charge < -0.3 is 14.4 Å². The van der Waals surface area contributed by atoms with Gasteiger partial charge in [-0.1, -0.05) is 64.5 Å². The Hall–Kier alpha value is -2.83. The van der Waals surface area contributed by atoms with Crippen molar-refractivity contribution >= 4 is 21.8 Å². The Kier molecular flexibility index (Phi) is 6.14. The van der Waals surface area contributed by atoms with E-state index in [1.165, 1.54) is 11.1 Å². The summed E-state index contributed by atoms with van der Waals surface area (Å²) < 4.78 is 12.5. The Bertz CT molecular complexity index is 1080. The first kappa shape index (κ1) is 21.0. The van der Waals surface area contributed by atoms with Gasteiger partial charge >= 0.3 is 0 Å². The van der Waals surface area contributed by atoms with E-state index < -0.39 is 0 Å². The second kappa shape index (κ2) is 9.35. The van der Waals surface area contributed by atoms with Crippen LogP contribution in [0.5, 0.6) is 11.5 Å². The van der Waals surface area contributed by atoms with Crippen LogP contribution in [0.4, 0.5) is 0 Å². The summed E-state index contributed by atoms with van der Waals surface area (Å²) >= 11 is 3.54. The lowest BCUT2D eigenvalue weighted by atomic mass is 9.96. The predicted octanol–water partition coefficient (Wildman–Crippen LogP) is 4.77. The van der Waals surface area contributed by atoms with Crippen LogP contribution in [0.1, 0.15) is 27.5 Å². The number of rotatable bonds is 4. The van der Waals surface area contributed by atoms with E-state index in [0.717, 1.165) is 17.6 Å². The fourth-order valence-electron chi connectivity index (χ4n) is 4.49. The molecule has 1 fully saturated rings. The molecule has 3 aromatic carbocycles. The highest BCUT2D eigenvalue weighted by Gasteiger charge is 2.30. The molecule has 1 saturated heterocycles. The van der Waals surface area contributed by atoms with Crippen molar-refractivity contribution in [1.29, 1.82) is 0 Å². The number of nitrogens with zero attached hydrogens (tertiary/aromatic N) is 2. The zero-order valence-electron chi connectivity index (χ0n) is 17.7. The second-order valence-corrected chi connectivity index (χ2v) is 8.94. The molecular weight excluding hydrogens is 468 g/mol. The highest BCUT2D eigenvalue weighted by molar-refractivity contribution is 9.10. The van der Waals surface area contributed by atoms with Crippen molar-refractivity contribution in [2.24, 2.45) is 0 Å². The van der Waals surface area contributed by atoms with Crippen LogP contribution in [0.15, 0.2) is 77.3 Å². The van der Waals surface area contributed by atoms with Gasteiger partial charge in [0, 0.05) is 30.7 Å². The van der Waals surface area contributed by atoms with Crippen molar-refractivity contribution in [2.75, 3.05) is 39.4 Å². The molecule has 5 rings (SSSR count). The standard InChI is InChI=1S/C26H25BrN2O3/c27-21-11-9-20(10-12-21)24(19-5-2-1-3-6-19)28-13-15-29(16-14-28)26(30)22-7-4-8-23-25(22)32-18-17-31-23/h1-12,24H,13-18H2/t24-/m1/s1. The van der Waals surface area contributed by atoms with E-state index in [4.69, 9.17) is 9.47 Å². The molecular formula is C26H25BrN2O3. The molecule has 1 atom stereocenters. The summed E-state index contributed by atoms with van der Waals surface area (Å²) in [6, 6.07) is 24.8. The van der Waals surface area contributed by atoms with E-state index in [-0.39, 0.29) is 11.9 Å². The summed E-state index contributed by atoms with van der Waals surface area (Å²) in [7, 11) is 0. The number of fused-ring (bicyclic) bond motifs is 1. The predicted molar refractivity (Wildman–Crippen MR) is 127 cm³/mol. The summed E-state index contributed by atoms with van der Waals surface area (Å²) in [5.74, 6) is 1.23. The molecule has 3 aromatic rings. The van der Waals surface area contributed by atoms with Gasteiger partial charge in [0.15, 0.2) is 11.5 Å². The minimum Gasteiger partial charge on any atom is -0.486 e. The van der Waals surface area contributed by atoms with Crippen LogP contribution in [0.25, 0.3) is 0 Å². The van der Waals surface area contributed by atoms with Crippen molar-refractivity contribution in [3.63, 3.8) is 0 Å². The minimum absolute atomic E-state index is 0.00639. The Balaban J connectivity index is 1.35. The lowest BCUT2D eigenvalue weighted by Crippen LogP contribution is -2.50. The molecule has 2 aliphatic heterocycles. The Morgan fingerprint density at radius 3 is 2.22 bits per heavy atom. The first-order valence-electron chi connectivity index (χ1n) is 10.9. The third-order valence-corrected chi connectivity index (χ3v) is 6.59. The number of halogens is 1. The minimum atomic E-state index is 0.00639. The maximum absolute atomic E-state index is 13.3. The maximum Gasteiger partial charge on any atom is 0.257 e. The zero-order chi connectivity index (χ0) is 21.9. The van der Waals surface area contributed by atoms with Crippen LogP contribution in [-0.2, 0) is 0 Å². The van der Waals surface area contributed by atoms with Crippen LogP contribution in [0.3, 0.4) is 0 Å². The number of carbonyl (C=O) groups excluding carboxylic acids is 1. The topological polar surface area (TPSA) is 42.0 Å². The van der Waals surface area contributed by atoms with E-state index in [2.05, 4.69) is 69.4 Å². The molecule has 0 bridgehead atoms. The number of para-hydroxylation sites is 1. The smallest absolute Gasteiger partial charge is 0.257 e. The largest absolute Gasteiger partial charge is 0.486 e. The molecule has 0 aromatic heterocycles. The number of amides is 1. The molecule has 1 amide bonds. The van der Waals surface area contributed by atoms with Gasteiger partial charge in [0.2, 0.25) is 0 Å². The molecule has 0 spiro atoms. The van der Waals surface area contributed by atoms with Crippen molar-refractivity contribution in [1.82, 2.24) is 9.80 Å². The summed E-state index contributed by atoms with van der Waals surface area (Å²) in [4.78, 5) is 17.7. The maximum atomic E-state index is 13.3. The Labute approximate surface area is 196 Å². The van der Waals surface area contributed by atoms with Gasteiger partial charge in [-0.3, -0.25) is 9.69 Å². The number of benzene rings is 3. The van der Waals surface area contributed by atoms with Crippen LogP contribution in [0, 0.1) is 0 Å². The molecule has 0 saturated carbocycles. The fourth-order valence-corrected chi connectivity index (χ4v) is 4.75. The van der Waals surface area contributed by atoms with E-state index in [1.807, 2.05) is 29.2 Å². The molecule has 5 nitrogen and oxygen atoms in total. The quantitative estimate of drug-likeness (QED) is 0.526. The van der Waals surface area contributed by atoms with Crippen molar-refractivity contribution < 1.29 is 14.3 Å². The Morgan fingerprint density at radius 1 is 0.781 bits per heavy atom. The van der Waals surface area contributed by atoms with Crippen LogP contribution in [0.2, 0.25) is 0 Å². The normalized spacial score (nSPS) is 17.1. The average Bonchev–Trinajstić information content (AvgIpc) is 2.86. The van der Waals surface area contributed by atoms with Crippen molar-refractivity contribution in [3.05, 3.63) is 94.0 Å². The summed E-state index contributed by atoms with van der Waals surface area (Å²) in [6.07, 6.45) is 0. The van der Waals surface area contributed by atoms with Gasteiger partial charge in [-0.2, -0.15) is 0 Å². The van der Waals surface area contributed by atoms with Gasteiger partial charge in [-0.15, -0.1) is 0 Å². The van der Waals surface area contributed by atoms with E-state index >= 15 is 0 Å². The molecule has 6 heteroatoms. The highest BCUT2D eigenvalue weighted by Crippen LogP contribution is 2.35. The molecule has 2 heterocycles. The average molecular weight is 493 g/mol. The summed E-state index contributed by atoms with van der Waals surface area (Å²) in [5, 5.41) is 0. The first-order valence-corrected chi connectivity index (χ1v) is 11.7. The number of hydrogen-bond acceptors (Lipinski definition) is 4. The fraction of sp³-hybridized carbons (Fsp3) is 0.269. The monoisotopic (exact) mass is 492 g/mol. The number of hydrogen-bond donors (Lipinski definition) is 0. The lowest BCUT2D eigenvalue weighted by molar-refractivity contribution is 0.0589. The molecule has 164 valence electrons. The molecule has 0 unspecified atom stereocenters. The third-order valence-electron chi connectivity index (χ3n) is 6.06. The molecule has 0 N–H and O–H groups in total. The Morgan fingerprint density at radius 2 is 1.47 bits per heavy atom.